The fourth-order valence-electron chi connectivity index (χ4n) is 2.90. The first-order valence-corrected chi connectivity index (χ1v) is 8.99. The zero-order chi connectivity index (χ0) is 17.1. The van der Waals surface area contributed by atoms with Crippen LogP contribution in [0.4, 0.5) is 0 Å². The van der Waals surface area contributed by atoms with Gasteiger partial charge in [-0.3, -0.25) is 4.79 Å². The summed E-state index contributed by atoms with van der Waals surface area (Å²) >= 11 is 0. The minimum Gasteiger partial charge on any atom is -0.497 e. The number of ether oxygens (including phenoxy) is 1. The van der Waals surface area contributed by atoms with Gasteiger partial charge >= 0.3 is 0 Å². The van der Waals surface area contributed by atoms with Crippen LogP contribution in [0.2, 0.25) is 0 Å². The second-order valence-electron chi connectivity index (χ2n) is 6.28. The van der Waals surface area contributed by atoms with Gasteiger partial charge in [0.05, 0.1) is 7.11 Å². The summed E-state index contributed by atoms with van der Waals surface area (Å²) in [6, 6.07) is 8.80. The van der Waals surface area contributed by atoms with Gasteiger partial charge in [0.25, 0.3) is 0 Å². The summed E-state index contributed by atoms with van der Waals surface area (Å²) in [4.78, 5) is 14.2. The molecule has 0 aromatic heterocycles. The molecule has 1 rings (SSSR count). The van der Waals surface area contributed by atoms with Crippen LogP contribution in [0.3, 0.4) is 0 Å². The molecule has 1 aromatic carbocycles. The second-order valence-corrected chi connectivity index (χ2v) is 6.28. The minimum absolute atomic E-state index is 0.422. The standard InChI is InChI=1S/C20H33NO2/c1-5-7-9-19(22)10-8-15-21(6-2)17(3)16-18-11-13-20(23-4)14-12-18/h11-14,17H,5-10,15-16H2,1-4H3. The molecule has 3 heteroatoms. The number of methoxy groups -OCH3 is 1. The third-order valence-corrected chi connectivity index (χ3v) is 4.43. The van der Waals surface area contributed by atoms with Crippen molar-refractivity contribution in [3.63, 3.8) is 0 Å². The molecule has 0 fully saturated rings. The Morgan fingerprint density at radius 2 is 1.78 bits per heavy atom. The zero-order valence-electron chi connectivity index (χ0n) is 15.3. The third kappa shape index (κ3) is 7.65. The summed E-state index contributed by atoms with van der Waals surface area (Å²) in [7, 11) is 1.69. The molecular formula is C20H33NO2. The molecule has 0 radical (unpaired) electrons. The fourth-order valence-corrected chi connectivity index (χ4v) is 2.90. The summed E-state index contributed by atoms with van der Waals surface area (Å²) in [6.07, 6.45) is 5.62. The molecular weight excluding hydrogens is 286 g/mol. The van der Waals surface area contributed by atoms with Crippen molar-refractivity contribution in [2.45, 2.75) is 65.3 Å². The number of ketones is 1. The van der Waals surface area contributed by atoms with Gasteiger partial charge in [0.2, 0.25) is 0 Å². The van der Waals surface area contributed by atoms with Gasteiger partial charge in [-0.05, 0) is 57.0 Å². The van der Waals surface area contributed by atoms with Crippen molar-refractivity contribution in [3.8, 4) is 5.75 Å². The van der Waals surface area contributed by atoms with E-state index in [0.29, 0.717) is 11.8 Å². The lowest BCUT2D eigenvalue weighted by molar-refractivity contribution is -0.119. The lowest BCUT2D eigenvalue weighted by atomic mass is 10.0. The molecule has 0 amide bonds. The summed E-state index contributed by atoms with van der Waals surface area (Å²) in [5.41, 5.74) is 1.33. The predicted octanol–water partition coefficient (Wildman–Crippen LogP) is 4.49. The van der Waals surface area contributed by atoms with E-state index in [1.54, 1.807) is 7.11 Å². The monoisotopic (exact) mass is 319 g/mol. The summed E-state index contributed by atoms with van der Waals surface area (Å²) in [5, 5.41) is 0. The van der Waals surface area contributed by atoms with Gasteiger partial charge < -0.3 is 9.64 Å². The molecule has 0 aliphatic heterocycles. The first kappa shape index (κ1) is 19.7. The first-order valence-electron chi connectivity index (χ1n) is 8.99. The number of nitrogens with zero attached hydrogens (tertiary/aromatic N) is 1. The van der Waals surface area contributed by atoms with Crippen LogP contribution in [0.25, 0.3) is 0 Å². The van der Waals surface area contributed by atoms with Crippen LogP contribution in [0, 0.1) is 0 Å². The van der Waals surface area contributed by atoms with Gasteiger partial charge in [-0.1, -0.05) is 32.4 Å². The highest BCUT2D eigenvalue weighted by molar-refractivity contribution is 5.78. The molecule has 0 saturated carbocycles. The Morgan fingerprint density at radius 1 is 1.13 bits per heavy atom. The molecule has 1 atom stereocenters. The first-order chi connectivity index (χ1) is 11.1. The molecule has 0 N–H and O–H groups in total. The van der Waals surface area contributed by atoms with E-state index in [1.165, 1.54) is 5.56 Å². The number of Topliss-reactive ketones (excluding diaryl/α,β-unsaturated/α-hetero) is 1. The highest BCUT2D eigenvalue weighted by atomic mass is 16.5. The highest BCUT2D eigenvalue weighted by Crippen LogP contribution is 2.15. The van der Waals surface area contributed by atoms with Crippen LogP contribution >= 0.6 is 0 Å². The van der Waals surface area contributed by atoms with E-state index < -0.39 is 0 Å². The molecule has 3 nitrogen and oxygen atoms in total. The molecule has 0 aliphatic rings. The number of unbranched alkanes of at least 4 members (excludes halogenated alkanes) is 1. The molecule has 0 bridgehead atoms. The predicted molar refractivity (Wildman–Crippen MR) is 97.2 cm³/mol. The molecule has 1 aromatic rings. The topological polar surface area (TPSA) is 29.5 Å². The summed E-state index contributed by atoms with van der Waals surface area (Å²) in [5.74, 6) is 1.32. The van der Waals surface area contributed by atoms with Crippen molar-refractivity contribution < 1.29 is 9.53 Å². The van der Waals surface area contributed by atoms with Crippen molar-refractivity contribution in [1.82, 2.24) is 4.90 Å². The molecule has 0 heterocycles. The number of benzene rings is 1. The zero-order valence-corrected chi connectivity index (χ0v) is 15.3. The molecule has 130 valence electrons. The number of carbonyl (C=O) groups is 1. The van der Waals surface area contributed by atoms with Crippen molar-refractivity contribution in [3.05, 3.63) is 29.8 Å². The van der Waals surface area contributed by atoms with Crippen molar-refractivity contribution in [2.24, 2.45) is 0 Å². The number of hydrogen-bond donors (Lipinski definition) is 0. The van der Waals surface area contributed by atoms with Crippen LogP contribution in [-0.4, -0.2) is 36.9 Å². The molecule has 0 saturated heterocycles. The van der Waals surface area contributed by atoms with Gasteiger partial charge in [-0.15, -0.1) is 0 Å². The molecule has 0 aliphatic carbocycles. The quantitative estimate of drug-likeness (QED) is 0.568. The Bertz CT molecular complexity index is 441. The van der Waals surface area contributed by atoms with Gasteiger partial charge in [0.15, 0.2) is 0 Å². The summed E-state index contributed by atoms with van der Waals surface area (Å²) < 4.78 is 5.20. The lowest BCUT2D eigenvalue weighted by Crippen LogP contribution is -2.35. The van der Waals surface area contributed by atoms with Crippen LogP contribution < -0.4 is 4.74 Å². The van der Waals surface area contributed by atoms with Crippen LogP contribution in [0.15, 0.2) is 24.3 Å². The third-order valence-electron chi connectivity index (χ3n) is 4.43. The lowest BCUT2D eigenvalue weighted by Gasteiger charge is -2.28. The van der Waals surface area contributed by atoms with E-state index in [1.807, 2.05) is 12.1 Å². The summed E-state index contributed by atoms with van der Waals surface area (Å²) in [6.45, 7) is 8.63. The highest BCUT2D eigenvalue weighted by Gasteiger charge is 2.13. The maximum atomic E-state index is 11.8. The van der Waals surface area contributed by atoms with E-state index in [4.69, 9.17) is 4.74 Å². The van der Waals surface area contributed by atoms with E-state index in [2.05, 4.69) is 37.8 Å². The molecule has 1 unspecified atom stereocenters. The number of likely N-dealkylation sites (N-methyl/N-ethyl adjacent to an activating group) is 1. The van der Waals surface area contributed by atoms with Crippen molar-refractivity contribution in [1.29, 1.82) is 0 Å². The van der Waals surface area contributed by atoms with E-state index in [9.17, 15) is 4.79 Å². The Morgan fingerprint density at radius 3 is 2.35 bits per heavy atom. The van der Waals surface area contributed by atoms with E-state index in [-0.39, 0.29) is 0 Å². The van der Waals surface area contributed by atoms with E-state index in [0.717, 1.165) is 57.4 Å². The normalized spacial score (nSPS) is 12.4. The maximum absolute atomic E-state index is 11.8. The average molecular weight is 319 g/mol. The Hall–Kier alpha value is -1.35. The maximum Gasteiger partial charge on any atom is 0.132 e. The van der Waals surface area contributed by atoms with Crippen LogP contribution in [0.5, 0.6) is 5.75 Å². The minimum atomic E-state index is 0.422. The Kier molecular flexibility index (Phi) is 9.61. The molecule has 23 heavy (non-hydrogen) atoms. The second kappa shape index (κ2) is 11.2. The van der Waals surface area contributed by atoms with E-state index >= 15 is 0 Å². The van der Waals surface area contributed by atoms with Gasteiger partial charge in [-0.2, -0.15) is 0 Å². The number of carbonyl (C=O) groups excluding carboxylic acids is 1. The average Bonchev–Trinajstić information content (AvgIpc) is 2.57. The number of hydrogen-bond acceptors (Lipinski definition) is 3. The Balaban J connectivity index is 2.38. The Labute approximate surface area is 142 Å². The largest absolute Gasteiger partial charge is 0.497 e. The van der Waals surface area contributed by atoms with Crippen molar-refractivity contribution >= 4 is 5.78 Å². The van der Waals surface area contributed by atoms with Gasteiger partial charge in [0, 0.05) is 18.9 Å². The SMILES string of the molecule is CCCCC(=O)CCCN(CC)C(C)Cc1ccc(OC)cc1. The number of rotatable bonds is 12. The smallest absolute Gasteiger partial charge is 0.132 e. The van der Waals surface area contributed by atoms with Crippen LogP contribution in [-0.2, 0) is 11.2 Å². The fraction of sp³-hybridized carbons (Fsp3) is 0.650. The van der Waals surface area contributed by atoms with Gasteiger partial charge in [0.1, 0.15) is 11.5 Å². The van der Waals surface area contributed by atoms with Gasteiger partial charge in [-0.25, -0.2) is 0 Å². The van der Waals surface area contributed by atoms with Crippen LogP contribution in [0.1, 0.15) is 58.4 Å². The van der Waals surface area contributed by atoms with Crippen molar-refractivity contribution in [2.75, 3.05) is 20.2 Å². The molecule has 0 spiro atoms.